The predicted molar refractivity (Wildman–Crippen MR) is 93.0 cm³/mol. The third-order valence-electron chi connectivity index (χ3n) is 3.72. The van der Waals surface area contributed by atoms with E-state index in [1.165, 1.54) is 0 Å². The molecule has 0 fully saturated rings. The summed E-state index contributed by atoms with van der Waals surface area (Å²) in [6.07, 6.45) is 5.64. The number of methoxy groups -OCH3 is 2. The summed E-state index contributed by atoms with van der Waals surface area (Å²) < 4.78 is 12.4. The molecule has 0 atom stereocenters. The van der Waals surface area contributed by atoms with E-state index >= 15 is 0 Å². The van der Waals surface area contributed by atoms with Crippen LogP contribution < -0.4 is 0 Å². The summed E-state index contributed by atoms with van der Waals surface area (Å²) in [5.41, 5.74) is 3.53. The van der Waals surface area contributed by atoms with Crippen LogP contribution in [0.4, 0.5) is 0 Å². The van der Waals surface area contributed by atoms with Crippen molar-refractivity contribution >= 4 is 22.6 Å². The summed E-state index contributed by atoms with van der Waals surface area (Å²) in [5.74, 6) is 0.253. The Labute approximate surface area is 145 Å². The van der Waals surface area contributed by atoms with Gasteiger partial charge in [0, 0.05) is 50.2 Å². The average molecular weight is 347 g/mol. The molecule has 0 spiro atoms. The number of fused-ring (bicyclic) bond motifs is 1. The van der Waals surface area contributed by atoms with Gasteiger partial charge in [0.05, 0.1) is 30.4 Å². The van der Waals surface area contributed by atoms with Gasteiger partial charge in [0.15, 0.2) is 0 Å². The smallest absolute Gasteiger partial charge is 0.129 e. The lowest BCUT2D eigenvalue weighted by molar-refractivity contribution is 0.0743. The lowest BCUT2D eigenvalue weighted by Gasteiger charge is -2.14. The minimum Gasteiger partial charge on any atom is -0.384 e. The van der Waals surface area contributed by atoms with Gasteiger partial charge in [0.2, 0.25) is 0 Å². The fourth-order valence-electron chi connectivity index (χ4n) is 2.64. The average Bonchev–Trinajstić information content (AvgIpc) is 3.03. The van der Waals surface area contributed by atoms with Crippen molar-refractivity contribution in [2.45, 2.75) is 6.54 Å². The number of nitrogens with zero attached hydrogens (tertiary/aromatic N) is 4. The Bertz CT molecular complexity index is 815. The van der Waals surface area contributed by atoms with E-state index in [0.29, 0.717) is 18.4 Å². The van der Waals surface area contributed by atoms with Crippen molar-refractivity contribution in [2.75, 3.05) is 27.4 Å². The van der Waals surface area contributed by atoms with Gasteiger partial charge in [-0.15, -0.1) is 0 Å². The molecular weight excluding hydrogens is 328 g/mol. The molecule has 0 aliphatic rings. The van der Waals surface area contributed by atoms with E-state index in [0.717, 1.165) is 28.7 Å². The van der Waals surface area contributed by atoms with E-state index in [-0.39, 0.29) is 5.92 Å². The highest BCUT2D eigenvalue weighted by Gasteiger charge is 2.11. The summed E-state index contributed by atoms with van der Waals surface area (Å²) in [6.45, 7) is 1.98. The van der Waals surface area contributed by atoms with E-state index < -0.39 is 0 Å². The quantitative estimate of drug-likeness (QED) is 0.615. The third-order valence-corrected chi connectivity index (χ3v) is 3.93. The monoisotopic (exact) mass is 346 g/mol. The summed E-state index contributed by atoms with van der Waals surface area (Å²) in [4.78, 5) is 8.74. The van der Waals surface area contributed by atoms with Crippen LogP contribution in [0, 0.1) is 5.92 Å². The lowest BCUT2D eigenvalue weighted by atomic mass is 10.1. The van der Waals surface area contributed by atoms with Gasteiger partial charge < -0.3 is 9.47 Å². The van der Waals surface area contributed by atoms with Crippen molar-refractivity contribution in [1.82, 2.24) is 19.7 Å². The molecular formula is C17H19ClN4O2. The second kappa shape index (κ2) is 7.70. The summed E-state index contributed by atoms with van der Waals surface area (Å²) >= 11 is 5.96. The first kappa shape index (κ1) is 16.8. The number of ether oxygens (including phenoxy) is 2. The molecule has 3 rings (SSSR count). The largest absolute Gasteiger partial charge is 0.384 e. The maximum atomic E-state index is 5.96. The molecule has 3 aromatic heterocycles. The molecule has 3 heterocycles. The van der Waals surface area contributed by atoms with Crippen LogP contribution >= 0.6 is 11.6 Å². The zero-order chi connectivity index (χ0) is 16.9. The highest BCUT2D eigenvalue weighted by Crippen LogP contribution is 2.22. The van der Waals surface area contributed by atoms with Crippen molar-refractivity contribution in [3.05, 3.63) is 41.9 Å². The Morgan fingerprint density at radius 1 is 1.08 bits per heavy atom. The van der Waals surface area contributed by atoms with Crippen LogP contribution in [-0.4, -0.2) is 47.2 Å². The van der Waals surface area contributed by atoms with Gasteiger partial charge in [0.25, 0.3) is 0 Å². The number of halogens is 1. The van der Waals surface area contributed by atoms with Crippen LogP contribution in [0.5, 0.6) is 0 Å². The fraction of sp³-hybridized carbons (Fsp3) is 0.353. The summed E-state index contributed by atoms with van der Waals surface area (Å²) in [7, 11) is 3.38. The Balaban J connectivity index is 1.82. The second-order valence-electron chi connectivity index (χ2n) is 5.62. The second-order valence-corrected chi connectivity index (χ2v) is 6.01. The first-order chi connectivity index (χ1) is 11.7. The molecule has 0 saturated carbocycles. The van der Waals surface area contributed by atoms with Gasteiger partial charge in [-0.2, -0.15) is 5.10 Å². The zero-order valence-corrected chi connectivity index (χ0v) is 14.4. The van der Waals surface area contributed by atoms with Crippen molar-refractivity contribution in [3.63, 3.8) is 0 Å². The zero-order valence-electron chi connectivity index (χ0n) is 13.6. The minimum absolute atomic E-state index is 0.253. The number of pyridine rings is 2. The van der Waals surface area contributed by atoms with Crippen LogP contribution in [0.3, 0.4) is 0 Å². The Kier molecular flexibility index (Phi) is 5.40. The lowest BCUT2D eigenvalue weighted by Crippen LogP contribution is -2.20. The number of rotatable bonds is 7. The molecule has 0 aliphatic carbocycles. The number of aromatic nitrogens is 4. The molecule has 0 aliphatic heterocycles. The van der Waals surface area contributed by atoms with Gasteiger partial charge in [-0.25, -0.2) is 4.98 Å². The molecule has 6 nitrogen and oxygen atoms in total. The molecule has 0 bridgehead atoms. The van der Waals surface area contributed by atoms with Crippen molar-refractivity contribution in [3.8, 4) is 11.1 Å². The molecule has 0 radical (unpaired) electrons. The summed E-state index contributed by atoms with van der Waals surface area (Å²) in [6, 6.07) is 5.57. The first-order valence-electron chi connectivity index (χ1n) is 7.62. The van der Waals surface area contributed by atoms with Crippen molar-refractivity contribution < 1.29 is 9.47 Å². The van der Waals surface area contributed by atoms with Gasteiger partial charge in [0.1, 0.15) is 5.15 Å². The van der Waals surface area contributed by atoms with Crippen LogP contribution in [0.1, 0.15) is 0 Å². The number of hydrogen-bond donors (Lipinski definition) is 0. The first-order valence-corrected chi connectivity index (χ1v) is 8.00. The van der Waals surface area contributed by atoms with Crippen LogP contribution in [0.2, 0.25) is 5.15 Å². The molecule has 126 valence electrons. The fourth-order valence-corrected chi connectivity index (χ4v) is 2.80. The highest BCUT2D eigenvalue weighted by atomic mass is 35.5. The molecule has 0 saturated heterocycles. The van der Waals surface area contributed by atoms with Gasteiger partial charge in [-0.1, -0.05) is 11.6 Å². The third kappa shape index (κ3) is 3.90. The van der Waals surface area contributed by atoms with Crippen LogP contribution in [-0.2, 0) is 16.0 Å². The van der Waals surface area contributed by atoms with Gasteiger partial charge >= 0.3 is 0 Å². The molecule has 3 aromatic rings. The van der Waals surface area contributed by atoms with E-state index in [1.807, 2.05) is 35.4 Å². The Morgan fingerprint density at radius 2 is 1.88 bits per heavy atom. The molecule has 0 N–H and O–H groups in total. The number of hydrogen-bond acceptors (Lipinski definition) is 5. The maximum Gasteiger partial charge on any atom is 0.129 e. The van der Waals surface area contributed by atoms with Crippen LogP contribution in [0.15, 0.2) is 36.8 Å². The maximum absolute atomic E-state index is 5.96. The van der Waals surface area contributed by atoms with E-state index in [9.17, 15) is 0 Å². The Morgan fingerprint density at radius 3 is 2.62 bits per heavy atom. The van der Waals surface area contributed by atoms with E-state index in [2.05, 4.69) is 15.1 Å². The normalized spacial score (nSPS) is 11.5. The summed E-state index contributed by atoms with van der Waals surface area (Å²) in [5, 5.41) is 4.88. The highest BCUT2D eigenvalue weighted by molar-refractivity contribution is 6.29. The van der Waals surface area contributed by atoms with E-state index in [1.54, 1.807) is 20.3 Å². The molecule has 0 aromatic carbocycles. The molecule has 0 amide bonds. The SMILES string of the molecule is COCC(COC)Cn1cc(-c2cnc3ccc(Cl)nc3c2)cn1. The standard InChI is InChI=1S/C17H19ClN4O2/c1-23-10-12(11-24-2)8-22-9-14(7-20-22)13-5-16-15(19-6-13)3-4-17(18)21-16/h3-7,9,12H,8,10-11H2,1-2H3. The van der Waals surface area contributed by atoms with Crippen molar-refractivity contribution in [2.24, 2.45) is 5.92 Å². The van der Waals surface area contributed by atoms with Crippen LogP contribution in [0.25, 0.3) is 22.2 Å². The molecule has 24 heavy (non-hydrogen) atoms. The molecule has 0 unspecified atom stereocenters. The predicted octanol–water partition coefficient (Wildman–Crippen LogP) is 3.06. The topological polar surface area (TPSA) is 62.1 Å². The Hall–Kier alpha value is -2.02. The molecule has 7 heteroatoms. The van der Waals surface area contributed by atoms with Crippen molar-refractivity contribution in [1.29, 1.82) is 0 Å². The van der Waals surface area contributed by atoms with E-state index in [4.69, 9.17) is 21.1 Å². The van der Waals surface area contributed by atoms with Gasteiger partial charge in [-0.05, 0) is 18.2 Å². The minimum atomic E-state index is 0.253. The van der Waals surface area contributed by atoms with Gasteiger partial charge in [-0.3, -0.25) is 9.67 Å².